The normalized spacial score (nSPS) is 21.6. The third kappa shape index (κ3) is 3.67. The fourth-order valence-electron chi connectivity index (χ4n) is 2.48. The Morgan fingerprint density at radius 1 is 1.21 bits per heavy atom. The first-order valence-electron chi connectivity index (χ1n) is 6.97. The van der Waals surface area contributed by atoms with Crippen LogP contribution in [0.3, 0.4) is 0 Å². The quantitative estimate of drug-likeness (QED) is 0.796. The zero-order chi connectivity index (χ0) is 13.7. The molecule has 2 fully saturated rings. The monoisotopic (exact) mass is 270 g/mol. The van der Waals surface area contributed by atoms with Crippen LogP contribution in [0.1, 0.15) is 32.6 Å². The van der Waals surface area contributed by atoms with Crippen molar-refractivity contribution in [2.24, 2.45) is 0 Å². The van der Waals surface area contributed by atoms with Gasteiger partial charge in [0, 0.05) is 32.4 Å². The number of carbonyl (C=O) groups excluding carboxylic acids is 2. The Bertz CT molecular complexity index is 330. The van der Waals surface area contributed by atoms with Gasteiger partial charge in [-0.15, -0.1) is 0 Å². The molecule has 1 N–H and O–H groups in total. The zero-order valence-corrected chi connectivity index (χ0v) is 11.4. The second kappa shape index (κ2) is 6.34. The summed E-state index contributed by atoms with van der Waals surface area (Å²) >= 11 is 0. The Morgan fingerprint density at radius 2 is 1.84 bits per heavy atom. The lowest BCUT2D eigenvalue weighted by Gasteiger charge is -2.37. The maximum atomic E-state index is 11.9. The highest BCUT2D eigenvalue weighted by Crippen LogP contribution is 2.31. The van der Waals surface area contributed by atoms with Crippen molar-refractivity contribution in [3.05, 3.63) is 0 Å². The van der Waals surface area contributed by atoms with E-state index in [9.17, 15) is 9.59 Å². The molecule has 2 rings (SSSR count). The van der Waals surface area contributed by atoms with Gasteiger partial charge < -0.3 is 19.7 Å². The van der Waals surface area contributed by atoms with Gasteiger partial charge in [-0.3, -0.25) is 9.59 Å². The molecule has 2 aliphatic rings. The number of hydrogen-bond donors (Lipinski definition) is 1. The molecule has 1 spiro atoms. The third-order valence-corrected chi connectivity index (χ3v) is 3.61. The summed E-state index contributed by atoms with van der Waals surface area (Å²) in [5.41, 5.74) is 0. The van der Waals surface area contributed by atoms with E-state index in [-0.39, 0.29) is 18.4 Å². The van der Waals surface area contributed by atoms with E-state index in [1.165, 1.54) is 0 Å². The Labute approximate surface area is 113 Å². The van der Waals surface area contributed by atoms with Crippen LogP contribution in [0.15, 0.2) is 0 Å². The van der Waals surface area contributed by atoms with Gasteiger partial charge in [-0.2, -0.15) is 0 Å². The average molecular weight is 270 g/mol. The van der Waals surface area contributed by atoms with E-state index in [0.717, 1.165) is 6.42 Å². The molecule has 0 bridgehead atoms. The van der Waals surface area contributed by atoms with Crippen LogP contribution in [0.2, 0.25) is 0 Å². The predicted octanol–water partition coefficient (Wildman–Crippen LogP) is 0.268. The smallest absolute Gasteiger partial charge is 0.241 e. The third-order valence-electron chi connectivity index (χ3n) is 3.61. The van der Waals surface area contributed by atoms with Crippen molar-refractivity contribution in [1.29, 1.82) is 0 Å². The van der Waals surface area contributed by atoms with Crippen LogP contribution in [0.4, 0.5) is 0 Å². The van der Waals surface area contributed by atoms with Crippen molar-refractivity contribution in [1.82, 2.24) is 10.2 Å². The number of carbonyl (C=O) groups is 2. The van der Waals surface area contributed by atoms with E-state index < -0.39 is 5.79 Å². The van der Waals surface area contributed by atoms with Gasteiger partial charge in [0.15, 0.2) is 5.79 Å². The highest BCUT2D eigenvalue weighted by atomic mass is 16.7. The lowest BCUT2D eigenvalue weighted by atomic mass is 10.0. The molecule has 6 nitrogen and oxygen atoms in total. The Morgan fingerprint density at radius 3 is 2.42 bits per heavy atom. The summed E-state index contributed by atoms with van der Waals surface area (Å²) in [6, 6.07) is 0. The SMILES string of the molecule is CCCC(=O)NCC(=O)N1CCC2(CC1)OCCO2. The summed E-state index contributed by atoms with van der Waals surface area (Å²) < 4.78 is 11.2. The fraction of sp³-hybridized carbons (Fsp3) is 0.846. The van der Waals surface area contributed by atoms with E-state index >= 15 is 0 Å². The largest absolute Gasteiger partial charge is 0.347 e. The molecule has 19 heavy (non-hydrogen) atoms. The first-order chi connectivity index (χ1) is 9.15. The van der Waals surface area contributed by atoms with Crippen LogP contribution in [0.25, 0.3) is 0 Å². The second-order valence-corrected chi connectivity index (χ2v) is 5.02. The molecule has 2 saturated heterocycles. The van der Waals surface area contributed by atoms with E-state index in [1.807, 2.05) is 6.92 Å². The molecule has 0 saturated carbocycles. The van der Waals surface area contributed by atoms with Crippen molar-refractivity contribution in [2.45, 2.75) is 38.4 Å². The zero-order valence-electron chi connectivity index (χ0n) is 11.4. The molecule has 2 aliphatic heterocycles. The summed E-state index contributed by atoms with van der Waals surface area (Å²) in [6.07, 6.45) is 2.68. The molecule has 0 aromatic carbocycles. The standard InChI is InChI=1S/C13H22N2O4/c1-2-3-11(16)14-10-12(17)15-6-4-13(5-7-15)18-8-9-19-13/h2-10H2,1H3,(H,14,16). The minimum absolute atomic E-state index is 0.0303. The number of amides is 2. The van der Waals surface area contributed by atoms with Gasteiger partial charge in [-0.05, 0) is 6.42 Å². The van der Waals surface area contributed by atoms with Gasteiger partial charge in [0.1, 0.15) is 0 Å². The molecule has 0 aromatic heterocycles. The molecule has 0 atom stereocenters. The van der Waals surface area contributed by atoms with Crippen molar-refractivity contribution in [3.63, 3.8) is 0 Å². The van der Waals surface area contributed by atoms with Crippen LogP contribution >= 0.6 is 0 Å². The van der Waals surface area contributed by atoms with Crippen LogP contribution in [0.5, 0.6) is 0 Å². The van der Waals surface area contributed by atoms with Crippen molar-refractivity contribution in [3.8, 4) is 0 Å². The van der Waals surface area contributed by atoms with Crippen LogP contribution in [-0.4, -0.2) is 55.3 Å². The Kier molecular flexibility index (Phi) is 4.76. The Hall–Kier alpha value is -1.14. The number of nitrogens with one attached hydrogen (secondary N) is 1. The summed E-state index contributed by atoms with van der Waals surface area (Å²) in [5.74, 6) is -0.550. The predicted molar refractivity (Wildman–Crippen MR) is 68.4 cm³/mol. The maximum Gasteiger partial charge on any atom is 0.241 e. The van der Waals surface area contributed by atoms with E-state index in [2.05, 4.69) is 5.32 Å². The van der Waals surface area contributed by atoms with Gasteiger partial charge in [-0.25, -0.2) is 0 Å². The van der Waals surface area contributed by atoms with Crippen LogP contribution in [-0.2, 0) is 19.1 Å². The van der Waals surface area contributed by atoms with Gasteiger partial charge >= 0.3 is 0 Å². The van der Waals surface area contributed by atoms with Gasteiger partial charge in [0.25, 0.3) is 0 Å². The van der Waals surface area contributed by atoms with Crippen LogP contribution in [0, 0.1) is 0 Å². The van der Waals surface area contributed by atoms with Gasteiger partial charge in [0.05, 0.1) is 19.8 Å². The summed E-state index contributed by atoms with van der Waals surface area (Å²) in [5, 5.41) is 2.65. The number of piperidine rings is 1. The highest BCUT2D eigenvalue weighted by molar-refractivity contribution is 5.84. The number of nitrogens with zero attached hydrogens (tertiary/aromatic N) is 1. The second-order valence-electron chi connectivity index (χ2n) is 5.02. The molecule has 108 valence electrons. The van der Waals surface area contributed by atoms with Crippen molar-refractivity contribution >= 4 is 11.8 Å². The molecular weight excluding hydrogens is 248 g/mol. The first-order valence-corrected chi connectivity index (χ1v) is 6.97. The van der Waals surface area contributed by atoms with E-state index in [4.69, 9.17) is 9.47 Å². The highest BCUT2D eigenvalue weighted by Gasteiger charge is 2.40. The topological polar surface area (TPSA) is 67.9 Å². The molecule has 0 aliphatic carbocycles. The average Bonchev–Trinajstić information content (AvgIpc) is 2.86. The summed E-state index contributed by atoms with van der Waals surface area (Å²) in [4.78, 5) is 25.0. The number of rotatable bonds is 4. The lowest BCUT2D eigenvalue weighted by molar-refractivity contribution is -0.187. The van der Waals surface area contributed by atoms with Gasteiger partial charge in [-0.1, -0.05) is 6.92 Å². The molecule has 6 heteroatoms. The minimum Gasteiger partial charge on any atom is -0.347 e. The van der Waals surface area contributed by atoms with Crippen molar-refractivity contribution in [2.75, 3.05) is 32.8 Å². The number of ether oxygens (including phenoxy) is 2. The van der Waals surface area contributed by atoms with E-state index in [0.29, 0.717) is 45.6 Å². The Balaban J connectivity index is 1.71. The minimum atomic E-state index is -0.456. The van der Waals surface area contributed by atoms with Crippen LogP contribution < -0.4 is 5.32 Å². The molecule has 0 radical (unpaired) electrons. The van der Waals surface area contributed by atoms with Crippen molar-refractivity contribution < 1.29 is 19.1 Å². The van der Waals surface area contributed by atoms with E-state index in [1.54, 1.807) is 4.90 Å². The summed E-state index contributed by atoms with van der Waals surface area (Å²) in [6.45, 7) is 4.56. The molecule has 0 aromatic rings. The molecular formula is C13H22N2O4. The first kappa shape index (κ1) is 14.3. The van der Waals surface area contributed by atoms with Gasteiger partial charge in [0.2, 0.25) is 11.8 Å². The lowest BCUT2D eigenvalue weighted by Crippen LogP contribution is -2.49. The number of likely N-dealkylation sites (tertiary alicyclic amines) is 1. The molecule has 2 heterocycles. The maximum absolute atomic E-state index is 11.9. The fourth-order valence-corrected chi connectivity index (χ4v) is 2.48. The number of hydrogen-bond acceptors (Lipinski definition) is 4. The summed E-state index contributed by atoms with van der Waals surface area (Å²) in [7, 11) is 0. The molecule has 0 unspecified atom stereocenters. The molecule has 2 amide bonds.